The van der Waals surface area contributed by atoms with Gasteiger partial charge in [0.05, 0.1) is 18.6 Å². The molecule has 1 heterocycles. The summed E-state index contributed by atoms with van der Waals surface area (Å²) in [6.07, 6.45) is 3.57. The van der Waals surface area contributed by atoms with Crippen LogP contribution in [0.4, 0.5) is 0 Å². The van der Waals surface area contributed by atoms with E-state index in [4.69, 9.17) is 4.74 Å². The van der Waals surface area contributed by atoms with Crippen LogP contribution in [0, 0.1) is 5.92 Å². The lowest BCUT2D eigenvalue weighted by atomic mass is 10.2. The molecule has 0 unspecified atom stereocenters. The summed E-state index contributed by atoms with van der Waals surface area (Å²) in [5.74, 6) is 0.484. The van der Waals surface area contributed by atoms with Gasteiger partial charge in [-0.25, -0.2) is 4.98 Å². The van der Waals surface area contributed by atoms with Crippen molar-refractivity contribution in [3.8, 4) is 0 Å². The third kappa shape index (κ3) is 6.93. The van der Waals surface area contributed by atoms with Gasteiger partial charge in [0.15, 0.2) is 0 Å². The molecule has 6 heteroatoms. The molecule has 0 fully saturated rings. The van der Waals surface area contributed by atoms with Crippen molar-refractivity contribution in [3.05, 3.63) is 18.2 Å². The summed E-state index contributed by atoms with van der Waals surface area (Å²) in [4.78, 5) is 15.9. The highest BCUT2D eigenvalue weighted by atomic mass is 16.5. The molecule has 0 aromatic carbocycles. The molecule has 1 aromatic rings. The van der Waals surface area contributed by atoms with Crippen LogP contribution in [0.1, 0.15) is 19.5 Å². The third-order valence-corrected chi connectivity index (χ3v) is 2.51. The molecule has 0 aliphatic rings. The van der Waals surface area contributed by atoms with E-state index in [1.54, 1.807) is 18.0 Å². The number of carbonyl (C=O) groups excluding carboxylic acids is 1. The number of rotatable bonds is 9. The van der Waals surface area contributed by atoms with Crippen molar-refractivity contribution in [2.75, 3.05) is 26.8 Å². The van der Waals surface area contributed by atoms with Crippen molar-refractivity contribution in [2.45, 2.75) is 26.9 Å². The summed E-state index contributed by atoms with van der Waals surface area (Å²) >= 11 is 0. The minimum atomic E-state index is 0.0185. The Morgan fingerprint density at radius 3 is 3.00 bits per heavy atom. The Morgan fingerprint density at radius 1 is 1.53 bits per heavy atom. The largest absolute Gasteiger partial charge is 0.383 e. The van der Waals surface area contributed by atoms with E-state index < -0.39 is 0 Å². The van der Waals surface area contributed by atoms with Gasteiger partial charge in [0, 0.05) is 32.9 Å². The first-order valence-corrected chi connectivity index (χ1v) is 6.58. The predicted molar refractivity (Wildman–Crippen MR) is 73.7 cm³/mol. The highest BCUT2D eigenvalue weighted by molar-refractivity contribution is 5.75. The van der Waals surface area contributed by atoms with Crippen LogP contribution in [0.2, 0.25) is 0 Å². The molecule has 108 valence electrons. The Balaban J connectivity index is 2.27. The number of aromatic nitrogens is 2. The topological polar surface area (TPSA) is 68.2 Å². The lowest BCUT2D eigenvalue weighted by Gasteiger charge is -2.07. The lowest BCUT2D eigenvalue weighted by molar-refractivity contribution is -0.121. The lowest BCUT2D eigenvalue weighted by Crippen LogP contribution is -2.30. The molecule has 0 radical (unpaired) electrons. The summed E-state index contributed by atoms with van der Waals surface area (Å²) in [5, 5.41) is 6.09. The molecule has 19 heavy (non-hydrogen) atoms. The summed E-state index contributed by atoms with van der Waals surface area (Å²) in [6, 6.07) is 0. The van der Waals surface area contributed by atoms with Gasteiger partial charge >= 0.3 is 0 Å². The van der Waals surface area contributed by atoms with Gasteiger partial charge in [-0.15, -0.1) is 0 Å². The average molecular weight is 268 g/mol. The molecule has 0 atom stereocenters. The smallest absolute Gasteiger partial charge is 0.239 e. The molecule has 0 aliphatic heterocycles. The van der Waals surface area contributed by atoms with Gasteiger partial charge in [-0.2, -0.15) is 0 Å². The zero-order valence-electron chi connectivity index (χ0n) is 12.0. The number of hydrogen-bond acceptors (Lipinski definition) is 4. The van der Waals surface area contributed by atoms with Crippen molar-refractivity contribution in [1.82, 2.24) is 20.2 Å². The van der Waals surface area contributed by atoms with Crippen LogP contribution in [0.25, 0.3) is 0 Å². The SMILES string of the molecule is COCCNCc1cn(CC(=O)NCC(C)C)cn1. The highest BCUT2D eigenvalue weighted by Crippen LogP contribution is 1.96. The Morgan fingerprint density at radius 2 is 2.32 bits per heavy atom. The van der Waals surface area contributed by atoms with E-state index in [0.29, 0.717) is 32.2 Å². The van der Waals surface area contributed by atoms with E-state index in [1.165, 1.54) is 0 Å². The van der Waals surface area contributed by atoms with E-state index in [-0.39, 0.29) is 5.91 Å². The monoisotopic (exact) mass is 268 g/mol. The second kappa shape index (κ2) is 8.66. The molecule has 1 aromatic heterocycles. The van der Waals surface area contributed by atoms with Crippen molar-refractivity contribution in [3.63, 3.8) is 0 Å². The first-order valence-electron chi connectivity index (χ1n) is 6.58. The summed E-state index contributed by atoms with van der Waals surface area (Å²) < 4.78 is 6.74. The zero-order valence-corrected chi connectivity index (χ0v) is 12.0. The van der Waals surface area contributed by atoms with Gasteiger partial charge in [0.25, 0.3) is 0 Å². The van der Waals surface area contributed by atoms with Crippen LogP contribution >= 0.6 is 0 Å². The van der Waals surface area contributed by atoms with E-state index in [1.807, 2.05) is 6.20 Å². The third-order valence-electron chi connectivity index (χ3n) is 2.51. The van der Waals surface area contributed by atoms with Gasteiger partial charge in [0.2, 0.25) is 5.91 Å². The number of imidazole rings is 1. The van der Waals surface area contributed by atoms with E-state index in [9.17, 15) is 4.79 Å². The Labute approximate surface area is 114 Å². The number of carbonyl (C=O) groups is 1. The second-order valence-corrected chi connectivity index (χ2v) is 4.90. The number of hydrogen-bond donors (Lipinski definition) is 2. The maximum Gasteiger partial charge on any atom is 0.239 e. The molecule has 0 aliphatic carbocycles. The van der Waals surface area contributed by atoms with Gasteiger partial charge in [0.1, 0.15) is 6.54 Å². The van der Waals surface area contributed by atoms with Crippen LogP contribution in [-0.4, -0.2) is 42.3 Å². The minimum Gasteiger partial charge on any atom is -0.383 e. The van der Waals surface area contributed by atoms with Crippen LogP contribution in [0.5, 0.6) is 0 Å². The summed E-state index contributed by atoms with van der Waals surface area (Å²) in [7, 11) is 1.67. The molecule has 1 amide bonds. The maximum atomic E-state index is 11.6. The quantitative estimate of drug-likeness (QED) is 0.636. The van der Waals surface area contributed by atoms with Crippen LogP contribution in [0.15, 0.2) is 12.5 Å². The number of amides is 1. The Bertz CT molecular complexity index is 376. The van der Waals surface area contributed by atoms with Crippen LogP contribution in [0.3, 0.4) is 0 Å². The summed E-state index contributed by atoms with van der Waals surface area (Å²) in [5.41, 5.74) is 0.924. The van der Waals surface area contributed by atoms with Gasteiger partial charge in [-0.1, -0.05) is 13.8 Å². The van der Waals surface area contributed by atoms with Gasteiger partial charge in [-0.05, 0) is 5.92 Å². The van der Waals surface area contributed by atoms with Crippen molar-refractivity contribution in [1.29, 1.82) is 0 Å². The minimum absolute atomic E-state index is 0.0185. The standard InChI is InChI=1S/C13H24N4O2/c1-11(2)6-15-13(18)9-17-8-12(16-10-17)7-14-4-5-19-3/h8,10-11,14H,4-7,9H2,1-3H3,(H,15,18). The average Bonchev–Trinajstić information content (AvgIpc) is 2.80. The Hall–Kier alpha value is -1.40. The fourth-order valence-electron chi connectivity index (χ4n) is 1.51. The molecule has 1 rings (SSSR count). The van der Waals surface area contributed by atoms with Crippen LogP contribution in [-0.2, 0) is 22.6 Å². The molecular weight excluding hydrogens is 244 g/mol. The molecular formula is C13H24N4O2. The normalized spacial score (nSPS) is 10.9. The molecule has 0 spiro atoms. The summed E-state index contributed by atoms with van der Waals surface area (Å²) in [6.45, 7) is 7.32. The number of methoxy groups -OCH3 is 1. The fourth-order valence-corrected chi connectivity index (χ4v) is 1.51. The van der Waals surface area contributed by atoms with Gasteiger partial charge in [-0.3, -0.25) is 4.79 Å². The number of ether oxygens (including phenoxy) is 1. The van der Waals surface area contributed by atoms with Crippen LogP contribution < -0.4 is 10.6 Å². The predicted octanol–water partition coefficient (Wildman–Crippen LogP) is 0.391. The first kappa shape index (κ1) is 15.7. The van der Waals surface area contributed by atoms with E-state index in [0.717, 1.165) is 12.2 Å². The number of nitrogens with one attached hydrogen (secondary N) is 2. The number of nitrogens with zero attached hydrogens (tertiary/aromatic N) is 2. The molecule has 0 saturated heterocycles. The molecule has 2 N–H and O–H groups in total. The van der Waals surface area contributed by atoms with Crippen molar-refractivity contribution >= 4 is 5.91 Å². The Kier molecular flexibility index (Phi) is 7.14. The van der Waals surface area contributed by atoms with E-state index in [2.05, 4.69) is 29.5 Å². The molecule has 6 nitrogen and oxygen atoms in total. The maximum absolute atomic E-state index is 11.6. The molecule has 0 bridgehead atoms. The van der Waals surface area contributed by atoms with E-state index >= 15 is 0 Å². The second-order valence-electron chi connectivity index (χ2n) is 4.90. The van der Waals surface area contributed by atoms with Crippen molar-refractivity contribution in [2.24, 2.45) is 5.92 Å². The molecule has 0 saturated carbocycles. The zero-order chi connectivity index (χ0) is 14.1. The van der Waals surface area contributed by atoms with Gasteiger partial charge < -0.3 is 19.9 Å². The first-order chi connectivity index (χ1) is 9.11. The highest BCUT2D eigenvalue weighted by Gasteiger charge is 2.04. The van der Waals surface area contributed by atoms with Crippen molar-refractivity contribution < 1.29 is 9.53 Å². The fraction of sp³-hybridized carbons (Fsp3) is 0.692.